The fourth-order valence-corrected chi connectivity index (χ4v) is 2.83. The number of amides is 1. The number of benzene rings is 1. The summed E-state index contributed by atoms with van der Waals surface area (Å²) in [4.78, 5) is 12.1. The van der Waals surface area contributed by atoms with Crippen LogP contribution >= 0.6 is 0 Å². The number of ether oxygens (including phenoxy) is 3. The Labute approximate surface area is 143 Å². The van der Waals surface area contributed by atoms with Crippen LogP contribution in [-0.4, -0.2) is 32.5 Å². The van der Waals surface area contributed by atoms with E-state index in [0.717, 1.165) is 18.5 Å². The minimum atomic E-state index is -0.566. The van der Waals surface area contributed by atoms with Crippen molar-refractivity contribution in [2.45, 2.75) is 51.7 Å². The van der Waals surface area contributed by atoms with Gasteiger partial charge < -0.3 is 19.5 Å². The van der Waals surface area contributed by atoms with Crippen LogP contribution in [0.15, 0.2) is 12.1 Å². The van der Waals surface area contributed by atoms with Gasteiger partial charge in [0.1, 0.15) is 5.60 Å². The third-order valence-electron chi connectivity index (χ3n) is 3.85. The maximum atomic E-state index is 12.1. The molecule has 0 saturated carbocycles. The molecule has 0 bridgehead atoms. The van der Waals surface area contributed by atoms with Gasteiger partial charge in [-0.2, -0.15) is 0 Å². The molecule has 1 amide bonds. The van der Waals surface area contributed by atoms with Crippen molar-refractivity contribution in [3.05, 3.63) is 17.7 Å². The van der Waals surface area contributed by atoms with E-state index >= 15 is 0 Å². The standard InChI is InChI=1S/C18H28N2O4/c1-18(2,3)24-17(21)20-14-10-12(13-8-6-7-9-19-13)11-15(22-4)16(14)23-5/h10-11,13,19H,6-9H2,1-5H3,(H,20,21). The van der Waals surface area contributed by atoms with Crippen LogP contribution in [0, 0.1) is 0 Å². The minimum Gasteiger partial charge on any atom is -0.493 e. The van der Waals surface area contributed by atoms with Crippen molar-refractivity contribution in [2.75, 3.05) is 26.1 Å². The lowest BCUT2D eigenvalue weighted by Crippen LogP contribution is -2.28. The number of hydrogen-bond donors (Lipinski definition) is 2. The van der Waals surface area contributed by atoms with E-state index in [-0.39, 0.29) is 6.04 Å². The van der Waals surface area contributed by atoms with Crippen molar-refractivity contribution in [3.8, 4) is 11.5 Å². The Morgan fingerprint density at radius 1 is 1.21 bits per heavy atom. The summed E-state index contributed by atoms with van der Waals surface area (Å²) in [5, 5.41) is 6.28. The molecule has 24 heavy (non-hydrogen) atoms. The summed E-state index contributed by atoms with van der Waals surface area (Å²) < 4.78 is 16.2. The summed E-state index contributed by atoms with van der Waals surface area (Å²) >= 11 is 0. The molecule has 1 aliphatic rings. The third kappa shape index (κ3) is 4.77. The van der Waals surface area contributed by atoms with E-state index in [1.165, 1.54) is 12.8 Å². The van der Waals surface area contributed by atoms with Crippen LogP contribution in [0.4, 0.5) is 10.5 Å². The maximum Gasteiger partial charge on any atom is 0.412 e. The lowest BCUT2D eigenvalue weighted by Gasteiger charge is -2.26. The van der Waals surface area contributed by atoms with Crippen molar-refractivity contribution in [1.29, 1.82) is 0 Å². The van der Waals surface area contributed by atoms with Gasteiger partial charge >= 0.3 is 6.09 Å². The second kappa shape index (κ2) is 7.75. The summed E-state index contributed by atoms with van der Waals surface area (Å²) in [6.45, 7) is 6.47. The molecule has 0 aliphatic carbocycles. The Morgan fingerprint density at radius 3 is 2.50 bits per heavy atom. The molecule has 6 nitrogen and oxygen atoms in total. The molecule has 1 fully saturated rings. The van der Waals surface area contributed by atoms with Crippen LogP contribution in [0.5, 0.6) is 11.5 Å². The zero-order valence-corrected chi connectivity index (χ0v) is 15.2. The molecule has 1 aliphatic heterocycles. The van der Waals surface area contributed by atoms with Crippen molar-refractivity contribution in [3.63, 3.8) is 0 Å². The van der Waals surface area contributed by atoms with E-state index < -0.39 is 11.7 Å². The van der Waals surface area contributed by atoms with Gasteiger partial charge in [0.05, 0.1) is 19.9 Å². The van der Waals surface area contributed by atoms with Gasteiger partial charge in [-0.1, -0.05) is 6.42 Å². The van der Waals surface area contributed by atoms with E-state index in [4.69, 9.17) is 14.2 Å². The number of piperidine rings is 1. The number of carbonyl (C=O) groups is 1. The summed E-state index contributed by atoms with van der Waals surface area (Å²) in [7, 11) is 3.14. The SMILES string of the molecule is COc1cc(C2CCCCN2)cc(NC(=O)OC(C)(C)C)c1OC. The van der Waals surface area contributed by atoms with Gasteiger partial charge in [-0.05, 0) is 57.9 Å². The van der Waals surface area contributed by atoms with Gasteiger partial charge in [0, 0.05) is 6.04 Å². The molecule has 1 saturated heterocycles. The highest BCUT2D eigenvalue weighted by atomic mass is 16.6. The lowest BCUT2D eigenvalue weighted by molar-refractivity contribution is 0.0635. The van der Waals surface area contributed by atoms with E-state index in [1.54, 1.807) is 14.2 Å². The molecular formula is C18H28N2O4. The number of carbonyl (C=O) groups excluding carboxylic acids is 1. The fraction of sp³-hybridized carbons (Fsp3) is 0.611. The zero-order valence-electron chi connectivity index (χ0n) is 15.2. The topological polar surface area (TPSA) is 68.8 Å². The molecule has 2 N–H and O–H groups in total. The number of hydrogen-bond acceptors (Lipinski definition) is 5. The fourth-order valence-electron chi connectivity index (χ4n) is 2.83. The van der Waals surface area contributed by atoms with Crippen molar-refractivity contribution < 1.29 is 19.0 Å². The minimum absolute atomic E-state index is 0.248. The zero-order chi connectivity index (χ0) is 17.7. The van der Waals surface area contributed by atoms with Gasteiger partial charge in [0.25, 0.3) is 0 Å². The number of anilines is 1. The molecule has 1 unspecified atom stereocenters. The van der Waals surface area contributed by atoms with Gasteiger partial charge in [-0.15, -0.1) is 0 Å². The first kappa shape index (κ1) is 18.4. The molecular weight excluding hydrogens is 308 g/mol. The van der Waals surface area contributed by atoms with Gasteiger partial charge in [0.2, 0.25) is 0 Å². The largest absolute Gasteiger partial charge is 0.493 e. The summed E-state index contributed by atoms with van der Waals surface area (Å²) in [5.41, 5.74) is 1.05. The smallest absolute Gasteiger partial charge is 0.412 e. The summed E-state index contributed by atoms with van der Waals surface area (Å²) in [6.07, 6.45) is 2.91. The van der Waals surface area contributed by atoms with Crippen LogP contribution in [0.25, 0.3) is 0 Å². The maximum absolute atomic E-state index is 12.1. The van der Waals surface area contributed by atoms with Crippen LogP contribution in [0.1, 0.15) is 51.6 Å². The molecule has 2 rings (SSSR count). The summed E-state index contributed by atoms with van der Waals surface area (Å²) in [6, 6.07) is 4.13. The van der Waals surface area contributed by atoms with E-state index in [9.17, 15) is 4.79 Å². The second-order valence-corrected chi connectivity index (χ2v) is 6.93. The van der Waals surface area contributed by atoms with Crippen LogP contribution in [0.2, 0.25) is 0 Å². The predicted octanol–water partition coefficient (Wildman–Crippen LogP) is 3.87. The number of rotatable bonds is 4. The molecule has 134 valence electrons. The van der Waals surface area contributed by atoms with Crippen LogP contribution in [0.3, 0.4) is 0 Å². The highest BCUT2D eigenvalue weighted by Gasteiger charge is 2.22. The molecule has 0 radical (unpaired) electrons. The van der Waals surface area contributed by atoms with Crippen molar-refractivity contribution in [2.24, 2.45) is 0 Å². The Kier molecular flexibility index (Phi) is 5.94. The van der Waals surface area contributed by atoms with Gasteiger partial charge in [0.15, 0.2) is 11.5 Å². The molecule has 1 atom stereocenters. The second-order valence-electron chi connectivity index (χ2n) is 6.93. The van der Waals surface area contributed by atoms with E-state index in [2.05, 4.69) is 10.6 Å². The Morgan fingerprint density at radius 2 is 1.96 bits per heavy atom. The van der Waals surface area contributed by atoms with Crippen molar-refractivity contribution >= 4 is 11.8 Å². The quantitative estimate of drug-likeness (QED) is 0.873. The molecule has 0 aromatic heterocycles. The molecule has 1 aromatic carbocycles. The highest BCUT2D eigenvalue weighted by molar-refractivity contribution is 5.88. The predicted molar refractivity (Wildman–Crippen MR) is 94.0 cm³/mol. The van der Waals surface area contributed by atoms with Gasteiger partial charge in [-0.3, -0.25) is 5.32 Å². The summed E-state index contributed by atoms with van der Waals surface area (Å²) in [5.74, 6) is 1.08. The van der Waals surface area contributed by atoms with E-state index in [1.807, 2.05) is 32.9 Å². The first-order valence-corrected chi connectivity index (χ1v) is 8.33. The first-order valence-electron chi connectivity index (χ1n) is 8.33. The molecule has 1 aromatic rings. The average Bonchev–Trinajstić information content (AvgIpc) is 2.53. The molecule has 6 heteroatoms. The Bertz CT molecular complexity index is 575. The van der Waals surface area contributed by atoms with Crippen LogP contribution in [-0.2, 0) is 4.74 Å². The number of methoxy groups -OCH3 is 2. The van der Waals surface area contributed by atoms with E-state index in [0.29, 0.717) is 17.2 Å². The average molecular weight is 336 g/mol. The Balaban J connectivity index is 2.31. The van der Waals surface area contributed by atoms with Gasteiger partial charge in [-0.25, -0.2) is 4.79 Å². The number of nitrogens with one attached hydrogen (secondary N) is 2. The third-order valence-corrected chi connectivity index (χ3v) is 3.85. The molecule has 1 heterocycles. The van der Waals surface area contributed by atoms with Crippen molar-refractivity contribution in [1.82, 2.24) is 5.32 Å². The Hall–Kier alpha value is -1.95. The van der Waals surface area contributed by atoms with Crippen LogP contribution < -0.4 is 20.1 Å². The normalized spacial score (nSPS) is 18.0. The monoisotopic (exact) mass is 336 g/mol. The first-order chi connectivity index (χ1) is 11.3. The molecule has 0 spiro atoms. The lowest BCUT2D eigenvalue weighted by atomic mass is 9.96. The highest BCUT2D eigenvalue weighted by Crippen LogP contribution is 2.39.